The summed E-state index contributed by atoms with van der Waals surface area (Å²) < 4.78 is 25.8. The standard InChI is InChI=1S/C28H39N5O3S/c1-20-26(8-7-21-17-22-5-3-4-6-23(22)18-21)29-19-30-27(20)28(34)33-15-11-25(12-16-33)32-13-9-24(10-14-32)31-37(2,35)36/h3-6,19,21,24-25,31H,7-18H2,1-2H3. The van der Waals surface area contributed by atoms with Gasteiger partial charge in [-0.15, -0.1) is 0 Å². The number of nitrogens with one attached hydrogen (secondary N) is 1. The number of nitrogens with zero attached hydrogens (tertiary/aromatic N) is 4. The van der Waals surface area contributed by atoms with E-state index in [1.54, 1.807) is 6.33 Å². The van der Waals surface area contributed by atoms with Gasteiger partial charge >= 0.3 is 0 Å². The van der Waals surface area contributed by atoms with Crippen molar-refractivity contribution in [2.24, 2.45) is 5.92 Å². The third-order valence-electron chi connectivity index (χ3n) is 8.49. The van der Waals surface area contributed by atoms with E-state index in [2.05, 4.69) is 43.9 Å². The first-order valence-corrected chi connectivity index (χ1v) is 15.5. The lowest BCUT2D eigenvalue weighted by molar-refractivity contribution is 0.0570. The molecule has 0 radical (unpaired) electrons. The van der Waals surface area contributed by atoms with E-state index in [0.29, 0.717) is 17.7 Å². The topological polar surface area (TPSA) is 95.5 Å². The number of aryl methyl sites for hydroxylation is 1. The van der Waals surface area contributed by atoms with Gasteiger partial charge in [-0.05, 0) is 88.4 Å². The molecule has 0 bridgehead atoms. The minimum Gasteiger partial charge on any atom is -0.337 e. The van der Waals surface area contributed by atoms with Crippen LogP contribution in [-0.2, 0) is 29.3 Å². The van der Waals surface area contributed by atoms with E-state index in [4.69, 9.17) is 0 Å². The van der Waals surface area contributed by atoms with E-state index < -0.39 is 10.0 Å². The average Bonchev–Trinajstić information content (AvgIpc) is 3.30. The molecule has 1 N–H and O–H groups in total. The quantitative estimate of drug-likeness (QED) is 0.597. The molecule has 1 amide bonds. The average molecular weight is 526 g/mol. The number of carbonyl (C=O) groups is 1. The van der Waals surface area contributed by atoms with E-state index in [1.807, 2.05) is 11.8 Å². The van der Waals surface area contributed by atoms with Crippen LogP contribution < -0.4 is 4.72 Å². The van der Waals surface area contributed by atoms with Crippen LogP contribution in [0, 0.1) is 12.8 Å². The number of hydrogen-bond donors (Lipinski definition) is 1. The molecule has 0 atom stereocenters. The summed E-state index contributed by atoms with van der Waals surface area (Å²) in [6.45, 7) is 5.24. The van der Waals surface area contributed by atoms with Crippen LogP contribution in [0.25, 0.3) is 0 Å². The van der Waals surface area contributed by atoms with Crippen LogP contribution in [0.5, 0.6) is 0 Å². The van der Waals surface area contributed by atoms with Crippen LogP contribution in [0.15, 0.2) is 30.6 Å². The Morgan fingerprint density at radius 2 is 1.65 bits per heavy atom. The van der Waals surface area contributed by atoms with Crippen molar-refractivity contribution < 1.29 is 13.2 Å². The highest BCUT2D eigenvalue weighted by Gasteiger charge is 2.31. The summed E-state index contributed by atoms with van der Waals surface area (Å²) in [7, 11) is -3.16. The third-order valence-corrected chi connectivity index (χ3v) is 9.26. The van der Waals surface area contributed by atoms with Crippen molar-refractivity contribution in [2.75, 3.05) is 32.4 Å². The molecule has 0 saturated carbocycles. The summed E-state index contributed by atoms with van der Waals surface area (Å²) in [6, 6.07) is 9.20. The predicted octanol–water partition coefficient (Wildman–Crippen LogP) is 2.75. The molecule has 2 fully saturated rings. The highest BCUT2D eigenvalue weighted by molar-refractivity contribution is 7.88. The predicted molar refractivity (Wildman–Crippen MR) is 144 cm³/mol. The van der Waals surface area contributed by atoms with Gasteiger partial charge in [-0.3, -0.25) is 4.79 Å². The number of sulfonamides is 1. The molecule has 8 nitrogen and oxygen atoms in total. The normalized spacial score (nSPS) is 20.3. The monoisotopic (exact) mass is 525 g/mol. The minimum atomic E-state index is -3.16. The molecule has 5 rings (SSSR count). The summed E-state index contributed by atoms with van der Waals surface area (Å²) in [4.78, 5) is 26.8. The first-order valence-electron chi connectivity index (χ1n) is 13.6. The number of aromatic nitrogens is 2. The zero-order valence-electron chi connectivity index (χ0n) is 22.0. The van der Waals surface area contributed by atoms with Gasteiger partial charge in [0.25, 0.3) is 5.91 Å². The van der Waals surface area contributed by atoms with Crippen molar-refractivity contribution in [1.29, 1.82) is 0 Å². The maximum atomic E-state index is 13.4. The van der Waals surface area contributed by atoms with Crippen LogP contribution in [-0.4, -0.2) is 78.6 Å². The molecule has 1 aromatic heterocycles. The van der Waals surface area contributed by atoms with Crippen LogP contribution in [0.2, 0.25) is 0 Å². The summed E-state index contributed by atoms with van der Waals surface area (Å²) in [5, 5.41) is 0. The Hall–Kier alpha value is -2.36. The lowest BCUT2D eigenvalue weighted by Crippen LogP contribution is -2.51. The molecule has 0 spiro atoms. The van der Waals surface area contributed by atoms with Gasteiger partial charge < -0.3 is 9.80 Å². The Bertz CT molecular complexity index is 1190. The molecule has 1 aliphatic carbocycles. The molecule has 2 saturated heterocycles. The fourth-order valence-corrected chi connectivity index (χ4v) is 7.26. The Morgan fingerprint density at radius 3 is 2.27 bits per heavy atom. The lowest BCUT2D eigenvalue weighted by Gasteiger charge is -2.41. The number of hydrogen-bond acceptors (Lipinski definition) is 6. The molecule has 37 heavy (non-hydrogen) atoms. The van der Waals surface area contributed by atoms with E-state index in [0.717, 1.165) is 88.8 Å². The van der Waals surface area contributed by atoms with E-state index in [1.165, 1.54) is 17.4 Å². The zero-order chi connectivity index (χ0) is 26.0. The number of likely N-dealkylation sites (tertiary alicyclic amines) is 2. The number of rotatable bonds is 7. The van der Waals surface area contributed by atoms with Crippen LogP contribution in [0.4, 0.5) is 0 Å². The number of fused-ring (bicyclic) bond motifs is 1. The second kappa shape index (κ2) is 11.2. The molecular weight excluding hydrogens is 486 g/mol. The number of amides is 1. The van der Waals surface area contributed by atoms with Crippen molar-refractivity contribution in [3.8, 4) is 0 Å². The Balaban J connectivity index is 1.12. The minimum absolute atomic E-state index is 0.0175. The first-order chi connectivity index (χ1) is 17.8. The number of carbonyl (C=O) groups excluding carboxylic acids is 1. The second-order valence-electron chi connectivity index (χ2n) is 11.1. The second-order valence-corrected chi connectivity index (χ2v) is 12.9. The molecule has 9 heteroatoms. The number of benzene rings is 1. The van der Waals surface area contributed by atoms with Gasteiger partial charge in [-0.1, -0.05) is 24.3 Å². The molecule has 3 aliphatic rings. The highest BCUT2D eigenvalue weighted by atomic mass is 32.2. The molecule has 1 aromatic carbocycles. The van der Waals surface area contributed by atoms with Gasteiger partial charge in [0.1, 0.15) is 12.0 Å². The summed E-state index contributed by atoms with van der Waals surface area (Å²) in [5.74, 6) is 0.654. The summed E-state index contributed by atoms with van der Waals surface area (Å²) in [6.07, 6.45) is 10.5. The van der Waals surface area contributed by atoms with Gasteiger partial charge in [-0.2, -0.15) is 0 Å². The maximum Gasteiger partial charge on any atom is 0.272 e. The van der Waals surface area contributed by atoms with Gasteiger partial charge in [0.2, 0.25) is 10.0 Å². The van der Waals surface area contributed by atoms with Gasteiger partial charge in [-0.25, -0.2) is 23.1 Å². The smallest absolute Gasteiger partial charge is 0.272 e. The molecule has 3 heterocycles. The van der Waals surface area contributed by atoms with Crippen LogP contribution in [0.3, 0.4) is 0 Å². The third kappa shape index (κ3) is 6.38. The lowest BCUT2D eigenvalue weighted by atomic mass is 9.96. The van der Waals surface area contributed by atoms with E-state index in [-0.39, 0.29) is 11.9 Å². The van der Waals surface area contributed by atoms with Gasteiger partial charge in [0.15, 0.2) is 0 Å². The molecular formula is C28H39N5O3S. The Kier molecular flexibility index (Phi) is 7.93. The van der Waals surface area contributed by atoms with Crippen molar-refractivity contribution in [1.82, 2.24) is 24.5 Å². The molecule has 2 aromatic rings. The first kappa shape index (κ1) is 26.3. The summed E-state index contributed by atoms with van der Waals surface area (Å²) >= 11 is 0. The SMILES string of the molecule is Cc1c(CCC2Cc3ccccc3C2)ncnc1C(=O)N1CCC(N2CCC(NS(C)(=O)=O)CC2)CC1. The van der Waals surface area contributed by atoms with Crippen molar-refractivity contribution >= 4 is 15.9 Å². The highest BCUT2D eigenvalue weighted by Crippen LogP contribution is 2.30. The fourth-order valence-electron chi connectivity index (χ4n) is 6.42. The number of piperidine rings is 2. The van der Waals surface area contributed by atoms with Gasteiger partial charge in [0.05, 0.1) is 6.26 Å². The Morgan fingerprint density at radius 1 is 1.00 bits per heavy atom. The van der Waals surface area contributed by atoms with Crippen LogP contribution >= 0.6 is 0 Å². The van der Waals surface area contributed by atoms with E-state index >= 15 is 0 Å². The van der Waals surface area contributed by atoms with Crippen molar-refractivity contribution in [3.63, 3.8) is 0 Å². The van der Waals surface area contributed by atoms with Crippen molar-refractivity contribution in [2.45, 2.75) is 70.4 Å². The molecule has 2 aliphatic heterocycles. The maximum absolute atomic E-state index is 13.4. The van der Waals surface area contributed by atoms with E-state index in [9.17, 15) is 13.2 Å². The molecule has 0 unspecified atom stereocenters. The van der Waals surface area contributed by atoms with Crippen molar-refractivity contribution in [3.05, 3.63) is 58.7 Å². The Labute approximate surface area is 220 Å². The van der Waals surface area contributed by atoms with Gasteiger partial charge in [0, 0.05) is 36.4 Å². The van der Waals surface area contributed by atoms with Crippen LogP contribution in [0.1, 0.15) is 65.0 Å². The summed E-state index contributed by atoms with van der Waals surface area (Å²) in [5.41, 5.74) is 5.41. The zero-order valence-corrected chi connectivity index (χ0v) is 22.8. The molecule has 200 valence electrons. The largest absolute Gasteiger partial charge is 0.337 e. The fraction of sp³-hybridized carbons (Fsp3) is 0.607.